The molecule has 0 saturated carbocycles. The van der Waals surface area contributed by atoms with E-state index in [4.69, 9.17) is 32.7 Å². The number of carbonyl (C=O) groups excluding carboxylic acids is 2. The Bertz CT molecular complexity index is 768. The number of hydrogen-bond acceptors (Lipinski definition) is 4. The Morgan fingerprint density at radius 2 is 1.84 bits per heavy atom. The van der Waals surface area contributed by atoms with Crippen molar-refractivity contribution >= 4 is 40.8 Å². The molecule has 2 rings (SSSR count). The quantitative estimate of drug-likeness (QED) is 0.760. The van der Waals surface area contributed by atoms with Gasteiger partial charge in [0.05, 0.1) is 5.02 Å². The second-order valence-electron chi connectivity index (χ2n) is 5.00. The summed E-state index contributed by atoms with van der Waals surface area (Å²) in [7, 11) is 0. The van der Waals surface area contributed by atoms with Gasteiger partial charge in [0.1, 0.15) is 11.6 Å². The van der Waals surface area contributed by atoms with Crippen molar-refractivity contribution in [1.82, 2.24) is 0 Å². The van der Waals surface area contributed by atoms with Crippen LogP contribution in [0.25, 0.3) is 0 Å². The minimum atomic E-state index is -0.975. The molecule has 0 saturated heterocycles. The van der Waals surface area contributed by atoms with E-state index in [9.17, 15) is 14.0 Å². The van der Waals surface area contributed by atoms with Crippen LogP contribution in [-0.2, 0) is 14.3 Å². The highest BCUT2D eigenvalue weighted by molar-refractivity contribution is 6.35. The molecule has 0 bridgehead atoms. The molecule has 8 heteroatoms. The Labute approximate surface area is 153 Å². The van der Waals surface area contributed by atoms with Crippen molar-refractivity contribution in [3.05, 3.63) is 58.3 Å². The van der Waals surface area contributed by atoms with E-state index in [0.717, 1.165) is 0 Å². The average molecular weight is 386 g/mol. The highest BCUT2D eigenvalue weighted by atomic mass is 35.5. The summed E-state index contributed by atoms with van der Waals surface area (Å²) in [6.45, 7) is 0.962. The number of benzene rings is 2. The number of ether oxygens (including phenoxy) is 2. The van der Waals surface area contributed by atoms with Gasteiger partial charge >= 0.3 is 5.97 Å². The minimum absolute atomic E-state index is 0.251. The molecule has 1 N–H and O–H groups in total. The summed E-state index contributed by atoms with van der Waals surface area (Å²) < 4.78 is 23.0. The van der Waals surface area contributed by atoms with E-state index in [0.29, 0.717) is 10.7 Å². The van der Waals surface area contributed by atoms with Crippen LogP contribution in [0.1, 0.15) is 6.92 Å². The van der Waals surface area contributed by atoms with E-state index in [1.54, 1.807) is 6.07 Å². The summed E-state index contributed by atoms with van der Waals surface area (Å²) in [4.78, 5) is 23.6. The van der Waals surface area contributed by atoms with Crippen LogP contribution < -0.4 is 10.1 Å². The fraction of sp³-hybridized carbons (Fsp3) is 0.176. The minimum Gasteiger partial charge on any atom is -0.477 e. The molecule has 5 nitrogen and oxygen atoms in total. The summed E-state index contributed by atoms with van der Waals surface area (Å²) >= 11 is 11.7. The van der Waals surface area contributed by atoms with Gasteiger partial charge in [-0.2, -0.15) is 0 Å². The first-order chi connectivity index (χ1) is 11.8. The maximum Gasteiger partial charge on any atom is 0.347 e. The van der Waals surface area contributed by atoms with Crippen LogP contribution in [0.2, 0.25) is 10.0 Å². The fourth-order valence-corrected chi connectivity index (χ4v) is 2.25. The number of hydrogen-bond donors (Lipinski definition) is 1. The summed E-state index contributed by atoms with van der Waals surface area (Å²) in [6, 6.07) is 9.76. The number of halogens is 3. The lowest BCUT2D eigenvalue weighted by molar-refractivity contribution is -0.153. The fourth-order valence-electron chi connectivity index (χ4n) is 1.79. The number of anilines is 1. The average Bonchev–Trinajstić information content (AvgIpc) is 2.57. The summed E-state index contributed by atoms with van der Waals surface area (Å²) in [5.74, 6) is -1.44. The number of esters is 1. The Morgan fingerprint density at radius 3 is 2.48 bits per heavy atom. The second kappa shape index (κ2) is 8.69. The summed E-state index contributed by atoms with van der Waals surface area (Å²) in [5, 5.41) is 3.16. The van der Waals surface area contributed by atoms with Crippen LogP contribution >= 0.6 is 23.2 Å². The third kappa shape index (κ3) is 5.92. The van der Waals surface area contributed by atoms with Gasteiger partial charge in [0.25, 0.3) is 5.91 Å². The van der Waals surface area contributed by atoms with Gasteiger partial charge in [-0.3, -0.25) is 4.79 Å². The van der Waals surface area contributed by atoms with Crippen molar-refractivity contribution in [2.45, 2.75) is 13.0 Å². The number of carbonyl (C=O) groups is 2. The Balaban J connectivity index is 1.82. The highest BCUT2D eigenvalue weighted by Crippen LogP contribution is 2.28. The van der Waals surface area contributed by atoms with Gasteiger partial charge in [-0.15, -0.1) is 0 Å². The molecular weight excluding hydrogens is 372 g/mol. The summed E-state index contributed by atoms with van der Waals surface area (Å²) in [6.07, 6.45) is -0.975. The Kier molecular flexibility index (Phi) is 6.61. The van der Waals surface area contributed by atoms with Crippen LogP contribution in [0.4, 0.5) is 10.1 Å². The van der Waals surface area contributed by atoms with E-state index >= 15 is 0 Å². The van der Waals surface area contributed by atoms with E-state index in [1.807, 2.05) is 0 Å². The van der Waals surface area contributed by atoms with Crippen molar-refractivity contribution < 1.29 is 23.5 Å². The van der Waals surface area contributed by atoms with Crippen molar-refractivity contribution in [1.29, 1.82) is 0 Å². The van der Waals surface area contributed by atoms with Gasteiger partial charge in [0, 0.05) is 10.7 Å². The lowest BCUT2D eigenvalue weighted by Crippen LogP contribution is -2.29. The predicted molar refractivity (Wildman–Crippen MR) is 92.5 cm³/mol. The van der Waals surface area contributed by atoms with Crippen LogP contribution in [0, 0.1) is 5.82 Å². The second-order valence-corrected chi connectivity index (χ2v) is 5.84. The van der Waals surface area contributed by atoms with Gasteiger partial charge in [0.2, 0.25) is 0 Å². The third-order valence-corrected chi connectivity index (χ3v) is 3.53. The Morgan fingerprint density at radius 1 is 1.16 bits per heavy atom. The molecule has 0 spiro atoms. The molecule has 2 aromatic carbocycles. The monoisotopic (exact) mass is 385 g/mol. The van der Waals surface area contributed by atoms with Crippen LogP contribution in [-0.4, -0.2) is 24.6 Å². The molecule has 0 unspecified atom stereocenters. The first kappa shape index (κ1) is 19.0. The molecule has 0 fully saturated rings. The molecule has 0 aromatic heterocycles. The number of amides is 1. The van der Waals surface area contributed by atoms with Crippen LogP contribution in [0.15, 0.2) is 42.5 Å². The zero-order chi connectivity index (χ0) is 18.4. The molecule has 25 heavy (non-hydrogen) atoms. The third-order valence-electron chi connectivity index (χ3n) is 3.00. The van der Waals surface area contributed by atoms with Crippen molar-refractivity contribution in [3.8, 4) is 5.75 Å². The molecule has 0 radical (unpaired) electrons. The smallest absolute Gasteiger partial charge is 0.347 e. The van der Waals surface area contributed by atoms with E-state index in [1.165, 1.54) is 43.3 Å². The van der Waals surface area contributed by atoms with Gasteiger partial charge in [-0.05, 0) is 49.4 Å². The van der Waals surface area contributed by atoms with Crippen molar-refractivity contribution in [3.63, 3.8) is 0 Å². The van der Waals surface area contributed by atoms with Crippen molar-refractivity contribution in [2.75, 3.05) is 11.9 Å². The van der Waals surface area contributed by atoms with Crippen LogP contribution in [0.3, 0.4) is 0 Å². The molecule has 132 valence electrons. The largest absolute Gasteiger partial charge is 0.477 e. The Hall–Kier alpha value is -2.31. The van der Waals surface area contributed by atoms with Gasteiger partial charge < -0.3 is 14.8 Å². The predicted octanol–water partition coefficient (Wildman–Crippen LogP) is 4.08. The molecular formula is C17H14Cl2FNO4. The van der Waals surface area contributed by atoms with Crippen molar-refractivity contribution in [2.24, 2.45) is 0 Å². The maximum absolute atomic E-state index is 12.8. The van der Waals surface area contributed by atoms with E-state index in [2.05, 4.69) is 5.32 Å². The lowest BCUT2D eigenvalue weighted by Gasteiger charge is -2.15. The normalized spacial score (nSPS) is 11.5. The topological polar surface area (TPSA) is 64.6 Å². The van der Waals surface area contributed by atoms with Gasteiger partial charge in [0.15, 0.2) is 12.7 Å². The van der Waals surface area contributed by atoms with Crippen LogP contribution in [0.5, 0.6) is 5.75 Å². The standard InChI is InChI=1S/C17H14Cl2FNO4/c1-10(25-15-7-2-11(18)8-14(15)19)17(23)24-9-16(22)21-13-5-3-12(20)4-6-13/h2-8,10H,9H2,1H3,(H,21,22)/t10-/m0/s1. The zero-order valence-electron chi connectivity index (χ0n) is 13.1. The molecule has 0 aliphatic heterocycles. The molecule has 1 amide bonds. The highest BCUT2D eigenvalue weighted by Gasteiger charge is 2.19. The summed E-state index contributed by atoms with van der Waals surface area (Å²) in [5.41, 5.74) is 0.389. The first-order valence-electron chi connectivity index (χ1n) is 7.19. The molecule has 0 heterocycles. The van der Waals surface area contributed by atoms with E-state index < -0.39 is 30.4 Å². The maximum atomic E-state index is 12.8. The first-order valence-corrected chi connectivity index (χ1v) is 7.94. The molecule has 0 aliphatic carbocycles. The van der Waals surface area contributed by atoms with Gasteiger partial charge in [-0.25, -0.2) is 9.18 Å². The zero-order valence-corrected chi connectivity index (χ0v) is 14.6. The molecule has 2 aromatic rings. The number of nitrogens with one attached hydrogen (secondary N) is 1. The lowest BCUT2D eigenvalue weighted by atomic mass is 10.3. The molecule has 1 atom stereocenters. The van der Waals surface area contributed by atoms with Gasteiger partial charge in [-0.1, -0.05) is 23.2 Å². The number of rotatable bonds is 6. The molecule has 0 aliphatic rings. The SMILES string of the molecule is C[C@H](Oc1ccc(Cl)cc1Cl)C(=O)OCC(=O)Nc1ccc(F)cc1. The van der Waals surface area contributed by atoms with E-state index in [-0.39, 0.29) is 10.8 Å².